The van der Waals surface area contributed by atoms with Crippen LogP contribution in [-0.4, -0.2) is 17.1 Å². The molecule has 2 aromatic carbocycles. The summed E-state index contributed by atoms with van der Waals surface area (Å²) >= 11 is 7.32. The molecule has 0 amide bonds. The summed E-state index contributed by atoms with van der Waals surface area (Å²) in [7, 11) is 0. The van der Waals surface area contributed by atoms with Gasteiger partial charge in [-0.15, -0.1) is 0 Å². The quantitative estimate of drug-likeness (QED) is 0.468. The van der Waals surface area contributed by atoms with E-state index in [-0.39, 0.29) is 32.7 Å². The normalized spacial score (nSPS) is 16.2. The Hall–Kier alpha value is -3.03. The van der Waals surface area contributed by atoms with E-state index in [4.69, 9.17) is 16.3 Å². The van der Waals surface area contributed by atoms with Crippen LogP contribution in [0.3, 0.4) is 0 Å². The van der Waals surface area contributed by atoms with Gasteiger partial charge in [-0.3, -0.25) is 9.36 Å². The molecule has 0 N–H and O–H groups in total. The molecule has 1 aromatic heterocycles. The molecule has 4 rings (SSSR count). The highest BCUT2D eigenvalue weighted by Crippen LogP contribution is 2.32. The molecule has 3 aromatic rings. The van der Waals surface area contributed by atoms with Gasteiger partial charge in [0.2, 0.25) is 0 Å². The number of benzene rings is 2. The molecule has 0 saturated heterocycles. The lowest BCUT2D eigenvalue weighted by molar-refractivity contribution is -0.139. The number of ether oxygens (including phenoxy) is 1. The summed E-state index contributed by atoms with van der Waals surface area (Å²) in [5.41, 5.74) is 2.36. The molecule has 1 unspecified atom stereocenters. The van der Waals surface area contributed by atoms with Crippen molar-refractivity contribution in [3.63, 3.8) is 0 Å². The summed E-state index contributed by atoms with van der Waals surface area (Å²) < 4.78 is 21.5. The van der Waals surface area contributed by atoms with E-state index in [0.717, 1.165) is 22.5 Å². The lowest BCUT2D eigenvalue weighted by Crippen LogP contribution is -2.40. The van der Waals surface area contributed by atoms with Gasteiger partial charge in [-0.2, -0.15) is 0 Å². The molecule has 0 spiro atoms. The van der Waals surface area contributed by atoms with Crippen molar-refractivity contribution in [1.82, 2.24) is 4.57 Å². The van der Waals surface area contributed by atoms with Gasteiger partial charge in [0.15, 0.2) is 4.80 Å². The molecule has 8 heteroatoms. The summed E-state index contributed by atoms with van der Waals surface area (Å²) in [4.78, 5) is 31.6. The largest absolute Gasteiger partial charge is 0.463 e. The third-order valence-electron chi connectivity index (χ3n) is 5.88. The Labute approximate surface area is 211 Å². The van der Waals surface area contributed by atoms with Crippen molar-refractivity contribution in [2.24, 2.45) is 4.99 Å². The molecule has 0 radical (unpaired) electrons. The third kappa shape index (κ3) is 4.75. The van der Waals surface area contributed by atoms with Crippen LogP contribution in [0.25, 0.3) is 6.08 Å². The standard InChI is InChI=1S/C27H26ClFN2O3S/c1-6-34-25(33)22-15(2)30-26-31(23(22)16-10-12-17(13-11-16)27(3,4)5)24(32)21(35-26)14-18-19(28)8-7-9-20(18)29/h7-14,23H,6H2,1-5H3/b21-14+. The number of hydrogen-bond donors (Lipinski definition) is 0. The number of thiazole rings is 1. The van der Waals surface area contributed by atoms with Crippen LogP contribution >= 0.6 is 22.9 Å². The number of aromatic nitrogens is 1. The second kappa shape index (κ2) is 9.55. The van der Waals surface area contributed by atoms with Gasteiger partial charge in [0.05, 0.1) is 33.5 Å². The predicted molar refractivity (Wildman–Crippen MR) is 137 cm³/mol. The lowest BCUT2D eigenvalue weighted by atomic mass is 9.85. The zero-order valence-electron chi connectivity index (χ0n) is 20.2. The number of nitrogens with zero attached hydrogens (tertiary/aromatic N) is 2. The van der Waals surface area contributed by atoms with Gasteiger partial charge in [0.25, 0.3) is 5.56 Å². The van der Waals surface area contributed by atoms with Gasteiger partial charge in [-0.25, -0.2) is 14.2 Å². The van der Waals surface area contributed by atoms with Crippen molar-refractivity contribution in [2.45, 2.75) is 46.1 Å². The number of carbonyl (C=O) groups excluding carboxylic acids is 1. The van der Waals surface area contributed by atoms with Gasteiger partial charge < -0.3 is 4.74 Å². The van der Waals surface area contributed by atoms with E-state index in [2.05, 4.69) is 25.8 Å². The van der Waals surface area contributed by atoms with E-state index in [9.17, 15) is 14.0 Å². The van der Waals surface area contributed by atoms with Gasteiger partial charge in [-0.05, 0) is 48.6 Å². The van der Waals surface area contributed by atoms with Crippen LogP contribution < -0.4 is 14.9 Å². The number of esters is 1. The van der Waals surface area contributed by atoms with E-state index >= 15 is 0 Å². The Bertz CT molecular complexity index is 1490. The summed E-state index contributed by atoms with van der Waals surface area (Å²) in [6.45, 7) is 10.0. The minimum absolute atomic E-state index is 0.0539. The SMILES string of the molecule is CCOC(=O)C1=C(C)N=c2s/c(=C/c3c(F)cccc3Cl)c(=O)n2C1c1ccc(C(C)(C)C)cc1. The van der Waals surface area contributed by atoms with Crippen LogP contribution in [0.1, 0.15) is 57.4 Å². The maximum absolute atomic E-state index is 14.4. The van der Waals surface area contributed by atoms with Crippen molar-refractivity contribution in [1.29, 1.82) is 0 Å². The first-order chi connectivity index (χ1) is 16.5. The summed E-state index contributed by atoms with van der Waals surface area (Å²) in [6, 6.07) is 11.5. The van der Waals surface area contributed by atoms with Crippen LogP contribution in [0.5, 0.6) is 0 Å². The van der Waals surface area contributed by atoms with E-state index in [1.807, 2.05) is 24.3 Å². The number of fused-ring (bicyclic) bond motifs is 1. The average molecular weight is 513 g/mol. The molecule has 35 heavy (non-hydrogen) atoms. The first-order valence-electron chi connectivity index (χ1n) is 11.3. The number of allylic oxidation sites excluding steroid dienone is 1. The van der Waals surface area contributed by atoms with Crippen LogP contribution in [-0.2, 0) is 14.9 Å². The maximum Gasteiger partial charge on any atom is 0.338 e. The number of halogens is 2. The Kier molecular flexibility index (Phi) is 6.84. The Balaban J connectivity index is 1.96. The fourth-order valence-corrected chi connectivity index (χ4v) is 5.30. The molecular weight excluding hydrogens is 487 g/mol. The number of rotatable bonds is 4. The lowest BCUT2D eigenvalue weighted by Gasteiger charge is -2.26. The van der Waals surface area contributed by atoms with Gasteiger partial charge in [0.1, 0.15) is 5.82 Å². The topological polar surface area (TPSA) is 60.7 Å². The minimum Gasteiger partial charge on any atom is -0.463 e. The highest BCUT2D eigenvalue weighted by Gasteiger charge is 2.33. The Morgan fingerprint density at radius 1 is 1.23 bits per heavy atom. The van der Waals surface area contributed by atoms with Crippen molar-refractivity contribution < 1.29 is 13.9 Å². The summed E-state index contributed by atoms with van der Waals surface area (Å²) in [5.74, 6) is -1.05. The van der Waals surface area contributed by atoms with E-state index < -0.39 is 17.8 Å². The molecule has 1 atom stereocenters. The molecule has 0 saturated carbocycles. The van der Waals surface area contributed by atoms with Gasteiger partial charge in [-0.1, -0.05) is 74.0 Å². The molecular formula is C27H26ClFN2O3S. The van der Waals surface area contributed by atoms with E-state index in [1.54, 1.807) is 19.9 Å². The number of hydrogen-bond acceptors (Lipinski definition) is 5. The van der Waals surface area contributed by atoms with Crippen molar-refractivity contribution >= 4 is 35.0 Å². The van der Waals surface area contributed by atoms with Crippen LogP contribution in [0, 0.1) is 5.82 Å². The third-order valence-corrected chi connectivity index (χ3v) is 7.20. The highest BCUT2D eigenvalue weighted by molar-refractivity contribution is 7.07. The van der Waals surface area contributed by atoms with Crippen LogP contribution in [0.15, 0.2) is 63.5 Å². The Morgan fingerprint density at radius 2 is 1.91 bits per heavy atom. The predicted octanol–water partition coefficient (Wildman–Crippen LogP) is 4.89. The molecule has 182 valence electrons. The maximum atomic E-state index is 14.4. The second-order valence-corrected chi connectivity index (χ2v) is 10.7. The molecule has 0 aliphatic carbocycles. The van der Waals surface area contributed by atoms with Crippen molar-refractivity contribution in [3.8, 4) is 0 Å². The summed E-state index contributed by atoms with van der Waals surface area (Å²) in [6.07, 6.45) is 1.44. The van der Waals surface area contributed by atoms with Crippen molar-refractivity contribution in [2.75, 3.05) is 6.61 Å². The van der Waals surface area contributed by atoms with E-state index in [0.29, 0.717) is 16.1 Å². The second-order valence-electron chi connectivity index (χ2n) is 9.31. The molecule has 1 aliphatic heterocycles. The molecule has 1 aliphatic rings. The fourth-order valence-electron chi connectivity index (χ4n) is 4.05. The average Bonchev–Trinajstić information content (AvgIpc) is 3.09. The fraction of sp³-hybridized carbons (Fsp3) is 0.296. The van der Waals surface area contributed by atoms with Crippen LogP contribution in [0.4, 0.5) is 4.39 Å². The first-order valence-corrected chi connectivity index (χ1v) is 12.5. The zero-order chi connectivity index (χ0) is 25.5. The highest BCUT2D eigenvalue weighted by atomic mass is 35.5. The first kappa shape index (κ1) is 25.1. The van der Waals surface area contributed by atoms with Gasteiger partial charge >= 0.3 is 5.97 Å². The van der Waals surface area contributed by atoms with Crippen molar-refractivity contribution in [3.05, 3.63) is 101 Å². The molecule has 2 heterocycles. The molecule has 0 bridgehead atoms. The zero-order valence-corrected chi connectivity index (χ0v) is 21.8. The molecule has 0 fully saturated rings. The Morgan fingerprint density at radius 3 is 2.51 bits per heavy atom. The molecule has 5 nitrogen and oxygen atoms in total. The van der Waals surface area contributed by atoms with Crippen LogP contribution in [0.2, 0.25) is 5.02 Å². The minimum atomic E-state index is -0.724. The van der Waals surface area contributed by atoms with E-state index in [1.165, 1.54) is 22.8 Å². The smallest absolute Gasteiger partial charge is 0.338 e. The number of carbonyl (C=O) groups is 1. The summed E-state index contributed by atoms with van der Waals surface area (Å²) in [5, 5.41) is 0.202. The van der Waals surface area contributed by atoms with Gasteiger partial charge in [0, 0.05) is 5.56 Å². The monoisotopic (exact) mass is 512 g/mol.